The second-order valence-electron chi connectivity index (χ2n) is 3.75. The van der Waals surface area contributed by atoms with Gasteiger partial charge in [-0.3, -0.25) is 0 Å². The van der Waals surface area contributed by atoms with Crippen LogP contribution in [0.5, 0.6) is 11.5 Å². The number of rotatable bonds is 3. The van der Waals surface area contributed by atoms with Crippen LogP contribution in [-0.4, -0.2) is 0 Å². The predicted octanol–water partition coefficient (Wildman–Crippen LogP) is 5.55. The van der Waals surface area contributed by atoms with Gasteiger partial charge in [-0.1, -0.05) is 52.5 Å². The molecule has 0 aliphatic carbocycles. The van der Waals surface area contributed by atoms with E-state index in [0.717, 1.165) is 5.56 Å². The molecular formula is C13H9Cl4NO. The summed E-state index contributed by atoms with van der Waals surface area (Å²) in [7, 11) is 0. The summed E-state index contributed by atoms with van der Waals surface area (Å²) >= 11 is 23.8. The maximum absolute atomic E-state index is 6.05. The Bertz CT molecular complexity index is 616. The molecule has 0 radical (unpaired) electrons. The fraction of sp³-hybridized carbons (Fsp3) is 0.0769. The van der Waals surface area contributed by atoms with Crippen molar-refractivity contribution < 1.29 is 4.74 Å². The molecule has 0 bridgehead atoms. The van der Waals surface area contributed by atoms with E-state index in [4.69, 9.17) is 56.9 Å². The third-order valence-electron chi connectivity index (χ3n) is 2.44. The minimum atomic E-state index is 0.325. The van der Waals surface area contributed by atoms with Crippen molar-refractivity contribution in [2.45, 2.75) is 6.54 Å². The van der Waals surface area contributed by atoms with Gasteiger partial charge in [0.2, 0.25) is 0 Å². The van der Waals surface area contributed by atoms with Crippen LogP contribution >= 0.6 is 46.4 Å². The summed E-state index contributed by atoms with van der Waals surface area (Å²) in [4.78, 5) is 0. The zero-order valence-electron chi connectivity index (χ0n) is 9.59. The normalized spacial score (nSPS) is 10.6. The van der Waals surface area contributed by atoms with Gasteiger partial charge in [-0.15, -0.1) is 0 Å². The van der Waals surface area contributed by atoms with Crippen LogP contribution in [0.25, 0.3) is 0 Å². The van der Waals surface area contributed by atoms with Crippen LogP contribution in [-0.2, 0) is 6.54 Å². The molecule has 0 aliphatic heterocycles. The second-order valence-corrected chi connectivity index (χ2v) is 5.41. The molecule has 19 heavy (non-hydrogen) atoms. The Morgan fingerprint density at radius 2 is 1.53 bits per heavy atom. The lowest BCUT2D eigenvalue weighted by Gasteiger charge is -2.12. The molecule has 100 valence electrons. The highest BCUT2D eigenvalue weighted by atomic mass is 35.5. The first-order valence-electron chi connectivity index (χ1n) is 5.32. The zero-order valence-corrected chi connectivity index (χ0v) is 12.6. The summed E-state index contributed by atoms with van der Waals surface area (Å²) < 4.78 is 5.71. The molecule has 2 rings (SSSR count). The Hall–Kier alpha value is -0.640. The van der Waals surface area contributed by atoms with Gasteiger partial charge in [0.05, 0.1) is 15.1 Å². The van der Waals surface area contributed by atoms with Crippen molar-refractivity contribution in [2.75, 3.05) is 0 Å². The fourth-order valence-corrected chi connectivity index (χ4v) is 2.23. The average Bonchev–Trinajstić information content (AvgIpc) is 2.36. The summed E-state index contributed by atoms with van der Waals surface area (Å²) in [6, 6.07) is 8.28. The maximum atomic E-state index is 6.05. The fourth-order valence-electron chi connectivity index (χ4n) is 1.49. The van der Waals surface area contributed by atoms with E-state index in [1.54, 1.807) is 24.3 Å². The minimum absolute atomic E-state index is 0.325. The monoisotopic (exact) mass is 335 g/mol. The first kappa shape index (κ1) is 14.8. The van der Waals surface area contributed by atoms with Crippen molar-refractivity contribution in [3.63, 3.8) is 0 Å². The standard InChI is InChI=1S/C13H9Cl4NO/c14-8-2-1-7(6-18)12(3-8)19-13-5-10(16)9(15)4-11(13)17/h1-5H,6,18H2. The van der Waals surface area contributed by atoms with Gasteiger partial charge in [0, 0.05) is 23.2 Å². The largest absolute Gasteiger partial charge is 0.455 e. The quantitative estimate of drug-likeness (QED) is 0.745. The second kappa shape index (κ2) is 6.21. The van der Waals surface area contributed by atoms with Crippen molar-refractivity contribution in [2.24, 2.45) is 5.73 Å². The topological polar surface area (TPSA) is 35.2 Å². The van der Waals surface area contributed by atoms with E-state index in [1.165, 1.54) is 6.07 Å². The van der Waals surface area contributed by atoms with Crippen LogP contribution in [0.1, 0.15) is 5.56 Å². The molecule has 0 aromatic heterocycles. The Morgan fingerprint density at radius 3 is 2.21 bits per heavy atom. The summed E-state index contributed by atoms with van der Waals surface area (Å²) in [5.41, 5.74) is 6.45. The summed E-state index contributed by atoms with van der Waals surface area (Å²) in [5.74, 6) is 0.934. The van der Waals surface area contributed by atoms with Gasteiger partial charge in [0.1, 0.15) is 11.5 Å². The number of halogens is 4. The SMILES string of the molecule is NCc1ccc(Cl)cc1Oc1cc(Cl)c(Cl)cc1Cl. The summed E-state index contributed by atoms with van der Waals surface area (Å²) in [6.45, 7) is 0.325. The Balaban J connectivity index is 2.41. The van der Waals surface area contributed by atoms with Crippen molar-refractivity contribution in [3.05, 3.63) is 56.0 Å². The molecule has 6 heteroatoms. The third kappa shape index (κ3) is 3.47. The number of ether oxygens (including phenoxy) is 1. The molecular weight excluding hydrogens is 328 g/mol. The third-order valence-corrected chi connectivity index (χ3v) is 3.70. The van der Waals surface area contributed by atoms with Crippen LogP contribution in [0.4, 0.5) is 0 Å². The molecule has 0 unspecified atom stereocenters. The predicted molar refractivity (Wildman–Crippen MR) is 80.9 cm³/mol. The van der Waals surface area contributed by atoms with Crippen LogP contribution in [0, 0.1) is 0 Å². The van der Waals surface area contributed by atoms with Crippen molar-refractivity contribution in [1.82, 2.24) is 0 Å². The van der Waals surface area contributed by atoms with Gasteiger partial charge in [-0.2, -0.15) is 0 Å². The molecule has 2 N–H and O–H groups in total. The molecule has 2 aromatic carbocycles. The van der Waals surface area contributed by atoms with Crippen LogP contribution in [0.15, 0.2) is 30.3 Å². The maximum Gasteiger partial charge on any atom is 0.147 e. The van der Waals surface area contributed by atoms with Crippen molar-refractivity contribution >= 4 is 46.4 Å². The number of nitrogens with two attached hydrogens (primary N) is 1. The zero-order chi connectivity index (χ0) is 14.0. The molecule has 0 saturated carbocycles. The van der Waals surface area contributed by atoms with E-state index < -0.39 is 0 Å². The molecule has 2 nitrogen and oxygen atoms in total. The molecule has 0 atom stereocenters. The number of benzene rings is 2. The van der Waals surface area contributed by atoms with Crippen LogP contribution < -0.4 is 10.5 Å². The molecule has 0 spiro atoms. The van der Waals surface area contributed by atoms with Crippen molar-refractivity contribution in [1.29, 1.82) is 0 Å². The molecule has 0 amide bonds. The summed E-state index contributed by atoms with van der Waals surface area (Å²) in [5, 5.41) is 1.63. The minimum Gasteiger partial charge on any atom is -0.455 e. The number of hydrogen-bond acceptors (Lipinski definition) is 2. The summed E-state index contributed by atoms with van der Waals surface area (Å²) in [6.07, 6.45) is 0. The number of hydrogen-bond donors (Lipinski definition) is 1. The van der Waals surface area contributed by atoms with Crippen molar-refractivity contribution in [3.8, 4) is 11.5 Å². The molecule has 0 aliphatic rings. The average molecular weight is 337 g/mol. The lowest BCUT2D eigenvalue weighted by molar-refractivity contribution is 0.477. The highest BCUT2D eigenvalue weighted by Gasteiger charge is 2.11. The smallest absolute Gasteiger partial charge is 0.147 e. The highest BCUT2D eigenvalue weighted by Crippen LogP contribution is 2.37. The van der Waals surface area contributed by atoms with Gasteiger partial charge in [0.25, 0.3) is 0 Å². The van der Waals surface area contributed by atoms with Crippen LogP contribution in [0.3, 0.4) is 0 Å². The molecule has 2 aromatic rings. The van der Waals surface area contributed by atoms with E-state index in [1.807, 2.05) is 0 Å². The van der Waals surface area contributed by atoms with Crippen LogP contribution in [0.2, 0.25) is 20.1 Å². The van der Waals surface area contributed by atoms with E-state index in [-0.39, 0.29) is 0 Å². The molecule has 0 fully saturated rings. The lowest BCUT2D eigenvalue weighted by Crippen LogP contribution is -1.99. The lowest BCUT2D eigenvalue weighted by atomic mass is 10.2. The molecule has 0 heterocycles. The molecule has 0 saturated heterocycles. The van der Waals surface area contributed by atoms with E-state index in [0.29, 0.717) is 38.1 Å². The first-order chi connectivity index (χ1) is 9.01. The highest BCUT2D eigenvalue weighted by molar-refractivity contribution is 6.43. The van der Waals surface area contributed by atoms with Gasteiger partial charge in [-0.25, -0.2) is 0 Å². The Kier molecular flexibility index (Phi) is 4.82. The van der Waals surface area contributed by atoms with Gasteiger partial charge in [-0.05, 0) is 18.2 Å². The van der Waals surface area contributed by atoms with Gasteiger partial charge < -0.3 is 10.5 Å². The van der Waals surface area contributed by atoms with Gasteiger partial charge >= 0.3 is 0 Å². The van der Waals surface area contributed by atoms with E-state index in [9.17, 15) is 0 Å². The van der Waals surface area contributed by atoms with Gasteiger partial charge in [0.15, 0.2) is 0 Å². The van der Waals surface area contributed by atoms with E-state index in [2.05, 4.69) is 0 Å². The Labute approximate surface area is 131 Å². The Morgan fingerprint density at radius 1 is 0.842 bits per heavy atom. The first-order valence-corrected chi connectivity index (χ1v) is 6.83. The van der Waals surface area contributed by atoms with E-state index >= 15 is 0 Å².